The van der Waals surface area contributed by atoms with E-state index in [0.717, 1.165) is 36.0 Å². The van der Waals surface area contributed by atoms with Crippen LogP contribution in [0, 0.1) is 35.0 Å². The molecule has 4 aliphatic rings. The van der Waals surface area contributed by atoms with Crippen LogP contribution in [-0.4, -0.2) is 0 Å². The van der Waals surface area contributed by atoms with Gasteiger partial charge in [-0.2, -0.15) is 5.26 Å². The lowest BCUT2D eigenvalue weighted by Crippen LogP contribution is -2.43. The highest BCUT2D eigenvalue weighted by Crippen LogP contribution is 2.59. The van der Waals surface area contributed by atoms with Crippen LogP contribution in [0.15, 0.2) is 24.3 Å². The molecule has 0 aliphatic heterocycles. The lowest BCUT2D eigenvalue weighted by Gasteiger charge is -2.54. The van der Waals surface area contributed by atoms with Crippen molar-refractivity contribution in [3.8, 4) is 6.07 Å². The molecule has 0 unspecified atom stereocenters. The van der Waals surface area contributed by atoms with Crippen molar-refractivity contribution in [2.45, 2.75) is 50.9 Å². The summed E-state index contributed by atoms with van der Waals surface area (Å²) >= 11 is 0. The third-order valence-corrected chi connectivity index (χ3v) is 6.12. The highest BCUT2D eigenvalue weighted by molar-refractivity contribution is 5.28. The molecule has 4 bridgehead atoms. The number of hydrogen-bond acceptors (Lipinski definition) is 1. The maximum atomic E-state index is 8.67. The molecule has 20 heavy (non-hydrogen) atoms. The molecule has 1 nitrogen and oxygen atoms in total. The minimum absolute atomic E-state index is 0.636. The normalized spacial score (nSPS) is 37.9. The number of benzene rings is 1. The van der Waals surface area contributed by atoms with Gasteiger partial charge in [-0.25, -0.2) is 0 Å². The zero-order chi connectivity index (χ0) is 13.5. The summed E-state index contributed by atoms with van der Waals surface area (Å²) in [5, 5.41) is 8.67. The second-order valence-corrected chi connectivity index (χ2v) is 7.36. The van der Waals surface area contributed by atoms with Crippen LogP contribution in [0.25, 0.3) is 0 Å². The smallest absolute Gasteiger partial charge is 0.0625 e. The van der Waals surface area contributed by atoms with Gasteiger partial charge in [-0.05, 0) is 79.2 Å². The molecule has 5 rings (SSSR count). The maximum absolute atomic E-state index is 8.67. The van der Waals surface area contributed by atoms with Crippen molar-refractivity contribution in [2.75, 3.05) is 0 Å². The van der Waals surface area contributed by atoms with Gasteiger partial charge < -0.3 is 0 Å². The molecule has 0 radical (unpaired) electrons. The molecule has 0 atom stereocenters. The SMILES string of the molecule is N#CCCc1ccc(C2C3CC4CC(C3)CC2C4)cc1. The first kappa shape index (κ1) is 12.5. The molecule has 1 aromatic rings. The summed E-state index contributed by atoms with van der Waals surface area (Å²) in [4.78, 5) is 0. The van der Waals surface area contributed by atoms with E-state index in [0.29, 0.717) is 6.42 Å². The fraction of sp³-hybridized carbons (Fsp3) is 0.632. The second-order valence-electron chi connectivity index (χ2n) is 7.36. The zero-order valence-corrected chi connectivity index (χ0v) is 12.1. The second kappa shape index (κ2) is 4.92. The molecular formula is C19H23N. The summed E-state index contributed by atoms with van der Waals surface area (Å²) in [7, 11) is 0. The number of aryl methyl sites for hydroxylation is 1. The van der Waals surface area contributed by atoms with E-state index in [1.54, 1.807) is 5.56 Å². The van der Waals surface area contributed by atoms with Gasteiger partial charge in [-0.1, -0.05) is 24.3 Å². The van der Waals surface area contributed by atoms with E-state index < -0.39 is 0 Å². The van der Waals surface area contributed by atoms with Crippen molar-refractivity contribution in [3.63, 3.8) is 0 Å². The van der Waals surface area contributed by atoms with Crippen molar-refractivity contribution in [1.29, 1.82) is 5.26 Å². The van der Waals surface area contributed by atoms with Gasteiger partial charge in [0.05, 0.1) is 6.07 Å². The molecule has 4 saturated carbocycles. The monoisotopic (exact) mass is 265 g/mol. The first-order valence-electron chi connectivity index (χ1n) is 8.29. The van der Waals surface area contributed by atoms with Crippen LogP contribution in [0.1, 0.15) is 55.6 Å². The molecule has 0 saturated heterocycles. The zero-order valence-electron chi connectivity index (χ0n) is 12.1. The van der Waals surface area contributed by atoms with Crippen molar-refractivity contribution in [1.82, 2.24) is 0 Å². The topological polar surface area (TPSA) is 23.8 Å². The number of nitrogens with zero attached hydrogens (tertiary/aromatic N) is 1. The van der Waals surface area contributed by atoms with Gasteiger partial charge in [-0.15, -0.1) is 0 Å². The van der Waals surface area contributed by atoms with Crippen LogP contribution in [0.4, 0.5) is 0 Å². The predicted octanol–water partition coefficient (Wildman–Crippen LogP) is 4.68. The molecule has 0 heterocycles. The van der Waals surface area contributed by atoms with Crippen LogP contribution < -0.4 is 0 Å². The van der Waals surface area contributed by atoms with Gasteiger partial charge in [0, 0.05) is 6.42 Å². The Morgan fingerprint density at radius 2 is 1.50 bits per heavy atom. The van der Waals surface area contributed by atoms with E-state index >= 15 is 0 Å². The van der Waals surface area contributed by atoms with Crippen LogP contribution in [-0.2, 0) is 6.42 Å². The number of nitriles is 1. The van der Waals surface area contributed by atoms with Crippen molar-refractivity contribution in [2.24, 2.45) is 23.7 Å². The van der Waals surface area contributed by atoms with Crippen LogP contribution >= 0.6 is 0 Å². The predicted molar refractivity (Wildman–Crippen MR) is 80.2 cm³/mol. The Bertz CT molecular complexity index is 494. The maximum Gasteiger partial charge on any atom is 0.0625 e. The Hall–Kier alpha value is -1.29. The van der Waals surface area contributed by atoms with E-state index in [1.807, 2.05) is 0 Å². The van der Waals surface area contributed by atoms with Crippen LogP contribution in [0.3, 0.4) is 0 Å². The Morgan fingerprint density at radius 3 is 2.05 bits per heavy atom. The minimum atomic E-state index is 0.636. The minimum Gasteiger partial charge on any atom is -0.198 e. The molecule has 0 amide bonds. The van der Waals surface area contributed by atoms with Crippen LogP contribution in [0.5, 0.6) is 0 Å². The van der Waals surface area contributed by atoms with Crippen molar-refractivity contribution >= 4 is 0 Å². The Balaban J connectivity index is 1.54. The summed E-state index contributed by atoms with van der Waals surface area (Å²) in [5.41, 5.74) is 2.90. The van der Waals surface area contributed by atoms with Gasteiger partial charge in [0.1, 0.15) is 0 Å². The van der Waals surface area contributed by atoms with Gasteiger partial charge >= 0.3 is 0 Å². The molecule has 0 N–H and O–H groups in total. The third-order valence-electron chi connectivity index (χ3n) is 6.12. The first-order chi connectivity index (χ1) is 9.83. The molecule has 1 aromatic carbocycles. The van der Waals surface area contributed by atoms with Gasteiger partial charge in [0.15, 0.2) is 0 Å². The fourth-order valence-corrected chi connectivity index (χ4v) is 5.58. The highest BCUT2D eigenvalue weighted by atomic mass is 14.5. The summed E-state index contributed by atoms with van der Waals surface area (Å²) in [6, 6.07) is 11.5. The number of hydrogen-bond donors (Lipinski definition) is 0. The van der Waals surface area contributed by atoms with Crippen molar-refractivity contribution < 1.29 is 0 Å². The Labute approximate surface area is 122 Å². The van der Waals surface area contributed by atoms with E-state index in [1.165, 1.54) is 37.7 Å². The van der Waals surface area contributed by atoms with E-state index in [4.69, 9.17) is 5.26 Å². The highest BCUT2D eigenvalue weighted by Gasteiger charge is 2.48. The fourth-order valence-electron chi connectivity index (χ4n) is 5.58. The molecule has 1 heteroatoms. The van der Waals surface area contributed by atoms with E-state index in [-0.39, 0.29) is 0 Å². The van der Waals surface area contributed by atoms with Crippen LogP contribution in [0.2, 0.25) is 0 Å². The molecule has 4 fully saturated rings. The summed E-state index contributed by atoms with van der Waals surface area (Å²) in [5.74, 6) is 4.90. The van der Waals surface area contributed by atoms with Crippen molar-refractivity contribution in [3.05, 3.63) is 35.4 Å². The summed E-state index contributed by atoms with van der Waals surface area (Å²) in [6.45, 7) is 0. The Kier molecular flexibility index (Phi) is 3.06. The lowest BCUT2D eigenvalue weighted by molar-refractivity contribution is -0.00278. The number of rotatable bonds is 3. The average Bonchev–Trinajstić information content (AvgIpc) is 2.45. The molecule has 0 aromatic heterocycles. The summed E-state index contributed by atoms with van der Waals surface area (Å²) in [6.07, 6.45) is 9.05. The molecular weight excluding hydrogens is 242 g/mol. The van der Waals surface area contributed by atoms with Gasteiger partial charge in [-0.3, -0.25) is 0 Å². The van der Waals surface area contributed by atoms with Gasteiger partial charge in [0.2, 0.25) is 0 Å². The first-order valence-corrected chi connectivity index (χ1v) is 8.29. The molecule has 4 aliphatic carbocycles. The lowest BCUT2D eigenvalue weighted by atomic mass is 9.51. The van der Waals surface area contributed by atoms with Gasteiger partial charge in [0.25, 0.3) is 0 Å². The standard InChI is InChI=1S/C19H23N/c20-7-1-2-13-3-5-16(6-4-13)19-17-9-14-8-15(11-17)12-18(19)10-14/h3-6,14-15,17-19H,1-2,8-12H2. The third kappa shape index (κ3) is 2.06. The Morgan fingerprint density at radius 1 is 0.900 bits per heavy atom. The van der Waals surface area contributed by atoms with E-state index in [2.05, 4.69) is 30.3 Å². The average molecular weight is 265 g/mol. The molecule has 104 valence electrons. The molecule has 0 spiro atoms. The quantitative estimate of drug-likeness (QED) is 0.778. The largest absolute Gasteiger partial charge is 0.198 e. The summed E-state index contributed by atoms with van der Waals surface area (Å²) < 4.78 is 0. The van der Waals surface area contributed by atoms with E-state index in [9.17, 15) is 0 Å².